The predicted molar refractivity (Wildman–Crippen MR) is 101 cm³/mol. The van der Waals surface area contributed by atoms with E-state index in [1.807, 2.05) is 0 Å². The average Bonchev–Trinajstić information content (AvgIpc) is 2.58. The van der Waals surface area contributed by atoms with E-state index in [-0.39, 0.29) is 0 Å². The summed E-state index contributed by atoms with van der Waals surface area (Å²) in [7, 11) is 2.19. The van der Waals surface area contributed by atoms with Crippen LogP contribution in [-0.2, 0) is 6.54 Å². The van der Waals surface area contributed by atoms with Crippen molar-refractivity contribution in [3.8, 4) is 0 Å². The van der Waals surface area contributed by atoms with E-state index < -0.39 is 0 Å². The number of hydrogen-bond donors (Lipinski definition) is 0. The van der Waals surface area contributed by atoms with E-state index in [9.17, 15) is 0 Å². The van der Waals surface area contributed by atoms with Crippen LogP contribution in [0, 0.1) is 6.92 Å². The normalized spacial score (nSPS) is 12.4. The van der Waals surface area contributed by atoms with Gasteiger partial charge >= 0.3 is 0 Å². The number of aryl methyl sites for hydroxylation is 1. The van der Waals surface area contributed by atoms with Gasteiger partial charge in [-0.05, 0) is 43.5 Å². The molecule has 2 aromatic carbocycles. The molecular formula is C21H30N2. The Morgan fingerprint density at radius 1 is 0.957 bits per heavy atom. The predicted octanol–water partition coefficient (Wildman–Crippen LogP) is 4.73. The molecule has 0 heterocycles. The zero-order valence-electron chi connectivity index (χ0n) is 15.0. The summed E-state index contributed by atoms with van der Waals surface area (Å²) >= 11 is 0. The molecule has 2 nitrogen and oxygen atoms in total. The van der Waals surface area contributed by atoms with E-state index in [2.05, 4.69) is 92.2 Å². The Morgan fingerprint density at radius 2 is 1.70 bits per heavy atom. The van der Waals surface area contributed by atoms with Crippen molar-refractivity contribution in [3.05, 3.63) is 65.7 Å². The van der Waals surface area contributed by atoms with Crippen molar-refractivity contribution in [1.82, 2.24) is 4.90 Å². The molecule has 0 amide bonds. The first-order valence-electron chi connectivity index (χ1n) is 8.66. The molecule has 23 heavy (non-hydrogen) atoms. The van der Waals surface area contributed by atoms with Crippen LogP contribution in [0.15, 0.2) is 54.6 Å². The zero-order chi connectivity index (χ0) is 16.7. The first-order chi connectivity index (χ1) is 11.1. The Kier molecular flexibility index (Phi) is 6.66. The molecule has 2 aromatic rings. The lowest BCUT2D eigenvalue weighted by Crippen LogP contribution is -2.38. The molecule has 0 fully saturated rings. The zero-order valence-corrected chi connectivity index (χ0v) is 15.0. The summed E-state index contributed by atoms with van der Waals surface area (Å²) in [5, 5.41) is 0. The molecule has 0 spiro atoms. The average molecular weight is 310 g/mol. The van der Waals surface area contributed by atoms with Gasteiger partial charge in [0, 0.05) is 38.4 Å². The monoisotopic (exact) mass is 310 g/mol. The highest BCUT2D eigenvalue weighted by Gasteiger charge is 2.13. The quantitative estimate of drug-likeness (QED) is 0.695. The van der Waals surface area contributed by atoms with E-state index in [0.717, 1.165) is 19.6 Å². The summed E-state index contributed by atoms with van der Waals surface area (Å²) in [4.78, 5) is 4.94. The van der Waals surface area contributed by atoms with E-state index in [0.29, 0.717) is 6.04 Å². The van der Waals surface area contributed by atoms with Crippen LogP contribution in [0.4, 0.5) is 5.69 Å². The highest BCUT2D eigenvalue weighted by atomic mass is 15.2. The van der Waals surface area contributed by atoms with E-state index >= 15 is 0 Å². The van der Waals surface area contributed by atoms with Gasteiger partial charge in [0.25, 0.3) is 0 Å². The second-order valence-corrected chi connectivity index (χ2v) is 6.47. The molecule has 0 bridgehead atoms. The van der Waals surface area contributed by atoms with Crippen LogP contribution < -0.4 is 4.90 Å². The van der Waals surface area contributed by atoms with Crippen LogP contribution in [0.5, 0.6) is 0 Å². The largest absolute Gasteiger partial charge is 0.373 e. The minimum atomic E-state index is 0.598. The van der Waals surface area contributed by atoms with Gasteiger partial charge in [0.1, 0.15) is 0 Å². The van der Waals surface area contributed by atoms with E-state index in [1.54, 1.807) is 0 Å². The van der Waals surface area contributed by atoms with Crippen LogP contribution in [0.25, 0.3) is 0 Å². The molecule has 124 valence electrons. The van der Waals surface area contributed by atoms with Crippen molar-refractivity contribution in [3.63, 3.8) is 0 Å². The fourth-order valence-corrected chi connectivity index (χ4v) is 2.80. The molecule has 2 heteroatoms. The van der Waals surface area contributed by atoms with E-state index in [1.165, 1.54) is 23.2 Å². The Balaban J connectivity index is 1.98. The second kappa shape index (κ2) is 8.73. The Labute approximate surface area is 141 Å². The number of hydrogen-bond acceptors (Lipinski definition) is 2. The fraction of sp³-hybridized carbons (Fsp3) is 0.429. The minimum absolute atomic E-state index is 0.598. The first kappa shape index (κ1) is 17.6. The van der Waals surface area contributed by atoms with Gasteiger partial charge in [0.05, 0.1) is 0 Å². The van der Waals surface area contributed by atoms with Crippen molar-refractivity contribution >= 4 is 5.69 Å². The molecular weight excluding hydrogens is 280 g/mol. The van der Waals surface area contributed by atoms with Crippen LogP contribution >= 0.6 is 0 Å². The van der Waals surface area contributed by atoms with Gasteiger partial charge in [-0.3, -0.25) is 4.90 Å². The molecule has 0 saturated carbocycles. The fourth-order valence-electron chi connectivity index (χ4n) is 2.80. The third-order valence-corrected chi connectivity index (χ3v) is 4.61. The lowest BCUT2D eigenvalue weighted by Gasteiger charge is -2.31. The van der Waals surface area contributed by atoms with Crippen LogP contribution in [0.3, 0.4) is 0 Å². The summed E-state index contributed by atoms with van der Waals surface area (Å²) in [6.45, 7) is 9.90. The molecule has 0 aliphatic carbocycles. The van der Waals surface area contributed by atoms with Crippen LogP contribution in [0.2, 0.25) is 0 Å². The first-order valence-corrected chi connectivity index (χ1v) is 8.66. The summed E-state index contributed by atoms with van der Waals surface area (Å²) in [6, 6.07) is 20.1. The van der Waals surface area contributed by atoms with Crippen molar-refractivity contribution < 1.29 is 0 Å². The summed E-state index contributed by atoms with van der Waals surface area (Å²) < 4.78 is 0. The maximum Gasteiger partial charge on any atom is 0.0366 e. The van der Waals surface area contributed by atoms with E-state index in [4.69, 9.17) is 0 Å². The van der Waals surface area contributed by atoms with Gasteiger partial charge in [-0.2, -0.15) is 0 Å². The summed E-state index contributed by atoms with van der Waals surface area (Å²) in [6.07, 6.45) is 1.18. The molecule has 0 saturated heterocycles. The molecule has 2 rings (SSSR count). The van der Waals surface area contributed by atoms with Gasteiger partial charge in [-0.15, -0.1) is 0 Å². The number of rotatable bonds is 8. The molecule has 0 radical (unpaired) electrons. The number of nitrogens with zero attached hydrogens (tertiary/aromatic N) is 2. The van der Waals surface area contributed by atoms with Crippen molar-refractivity contribution in [2.45, 2.75) is 39.8 Å². The van der Waals surface area contributed by atoms with Gasteiger partial charge in [0.2, 0.25) is 0 Å². The van der Waals surface area contributed by atoms with Gasteiger partial charge in [-0.1, -0.05) is 49.4 Å². The Hall–Kier alpha value is -1.80. The number of anilines is 1. The van der Waals surface area contributed by atoms with Crippen molar-refractivity contribution in [2.24, 2.45) is 0 Å². The van der Waals surface area contributed by atoms with Gasteiger partial charge < -0.3 is 4.90 Å². The lowest BCUT2D eigenvalue weighted by molar-refractivity contribution is 0.200. The number of benzene rings is 2. The molecule has 0 aliphatic heterocycles. The smallest absolute Gasteiger partial charge is 0.0366 e. The second-order valence-electron chi connectivity index (χ2n) is 6.47. The van der Waals surface area contributed by atoms with Gasteiger partial charge in [-0.25, -0.2) is 0 Å². The highest BCUT2D eigenvalue weighted by Crippen LogP contribution is 2.15. The maximum absolute atomic E-state index is 2.58. The molecule has 0 aliphatic rings. The Morgan fingerprint density at radius 3 is 2.35 bits per heavy atom. The van der Waals surface area contributed by atoms with Crippen LogP contribution in [0.1, 0.15) is 31.4 Å². The van der Waals surface area contributed by atoms with Crippen molar-refractivity contribution in [1.29, 1.82) is 0 Å². The summed E-state index contributed by atoms with van der Waals surface area (Å²) in [5.41, 5.74) is 4.01. The highest BCUT2D eigenvalue weighted by molar-refractivity contribution is 5.47. The molecule has 0 aromatic heterocycles. The third-order valence-electron chi connectivity index (χ3n) is 4.61. The third kappa shape index (κ3) is 5.40. The standard InChI is InChI=1S/C21H30N2/c1-5-19(3)23(17-20-11-7-6-8-12-20)15-14-22(4)21-13-9-10-18(2)16-21/h6-13,16,19H,5,14-15,17H2,1-4H3. The number of likely N-dealkylation sites (N-methyl/N-ethyl adjacent to an activating group) is 1. The lowest BCUT2D eigenvalue weighted by atomic mass is 10.1. The molecule has 1 atom stereocenters. The topological polar surface area (TPSA) is 6.48 Å². The minimum Gasteiger partial charge on any atom is -0.373 e. The van der Waals surface area contributed by atoms with Crippen molar-refractivity contribution in [2.75, 3.05) is 25.0 Å². The summed E-state index contributed by atoms with van der Waals surface area (Å²) in [5.74, 6) is 0. The maximum atomic E-state index is 2.58. The molecule has 0 N–H and O–H groups in total. The van der Waals surface area contributed by atoms with Gasteiger partial charge in [0.15, 0.2) is 0 Å². The SMILES string of the molecule is CCC(C)N(CCN(C)c1cccc(C)c1)Cc1ccccc1. The Bertz CT molecular complexity index is 579. The van der Waals surface area contributed by atoms with Crippen LogP contribution in [-0.4, -0.2) is 31.1 Å². The molecule has 1 unspecified atom stereocenters.